The number of amides is 2. The number of piperazine rings is 1. The van der Waals surface area contributed by atoms with Gasteiger partial charge in [0, 0.05) is 6.54 Å². The van der Waals surface area contributed by atoms with Crippen LogP contribution in [0.3, 0.4) is 0 Å². The quantitative estimate of drug-likeness (QED) is 0.582. The molecule has 1 rings (SSSR count). The molecule has 2 amide bonds. The highest BCUT2D eigenvalue weighted by Crippen LogP contribution is 2.21. The normalized spacial score (nSPS) is 20.5. The van der Waals surface area contributed by atoms with E-state index in [1.807, 2.05) is 20.8 Å². The van der Waals surface area contributed by atoms with Crippen LogP contribution in [0.5, 0.6) is 0 Å². The van der Waals surface area contributed by atoms with Crippen molar-refractivity contribution in [3.05, 3.63) is 0 Å². The first-order valence-corrected chi connectivity index (χ1v) is 6.90. The van der Waals surface area contributed by atoms with E-state index in [9.17, 15) is 9.59 Å². The molecular weight excluding hydrogens is 242 g/mol. The smallest absolute Gasteiger partial charge is 0.246 e. The van der Waals surface area contributed by atoms with E-state index in [2.05, 4.69) is 11.4 Å². The van der Waals surface area contributed by atoms with Crippen LogP contribution in [-0.2, 0) is 9.59 Å². The molecule has 1 fully saturated rings. The summed E-state index contributed by atoms with van der Waals surface area (Å²) in [6, 6.07) is 2.03. The maximum atomic E-state index is 12.0. The molecule has 0 radical (unpaired) electrons. The zero-order chi connectivity index (χ0) is 14.5. The standard InChI is InChI=1S/C14H23N3O2/c1-4-11-13(19)17(12(18)9-16-11)8-6-5-7-14(2,3)10-15/h11,16H,4-9H2,1-3H3. The molecule has 0 bridgehead atoms. The van der Waals surface area contributed by atoms with Gasteiger partial charge in [0.25, 0.3) is 0 Å². The van der Waals surface area contributed by atoms with Gasteiger partial charge in [-0.15, -0.1) is 0 Å². The van der Waals surface area contributed by atoms with E-state index in [-0.39, 0.29) is 29.8 Å². The van der Waals surface area contributed by atoms with Gasteiger partial charge in [-0.3, -0.25) is 19.8 Å². The molecule has 5 heteroatoms. The minimum absolute atomic E-state index is 0.113. The lowest BCUT2D eigenvalue weighted by Gasteiger charge is -2.31. The average molecular weight is 265 g/mol. The predicted octanol–water partition coefficient (Wildman–Crippen LogP) is 1.44. The summed E-state index contributed by atoms with van der Waals surface area (Å²) in [7, 11) is 0. The van der Waals surface area contributed by atoms with Crippen molar-refractivity contribution in [2.24, 2.45) is 5.41 Å². The van der Waals surface area contributed by atoms with Crippen LogP contribution in [-0.4, -0.2) is 35.8 Å². The fourth-order valence-corrected chi connectivity index (χ4v) is 2.15. The molecule has 1 saturated heterocycles. The van der Waals surface area contributed by atoms with Crippen LogP contribution >= 0.6 is 0 Å². The highest BCUT2D eigenvalue weighted by Gasteiger charge is 2.32. The Bertz CT molecular complexity index is 385. The molecule has 19 heavy (non-hydrogen) atoms. The van der Waals surface area contributed by atoms with E-state index in [4.69, 9.17) is 5.26 Å². The van der Waals surface area contributed by atoms with E-state index < -0.39 is 0 Å². The van der Waals surface area contributed by atoms with Gasteiger partial charge in [0.2, 0.25) is 11.8 Å². The van der Waals surface area contributed by atoms with E-state index in [1.165, 1.54) is 4.90 Å². The van der Waals surface area contributed by atoms with Gasteiger partial charge in [-0.25, -0.2) is 0 Å². The third kappa shape index (κ3) is 4.32. The molecule has 0 aromatic rings. The predicted molar refractivity (Wildman–Crippen MR) is 72.0 cm³/mol. The van der Waals surface area contributed by atoms with Crippen molar-refractivity contribution in [1.82, 2.24) is 10.2 Å². The van der Waals surface area contributed by atoms with Crippen LogP contribution < -0.4 is 5.32 Å². The lowest BCUT2D eigenvalue weighted by Crippen LogP contribution is -2.58. The summed E-state index contributed by atoms with van der Waals surface area (Å²) >= 11 is 0. The Balaban J connectivity index is 2.41. The summed E-state index contributed by atoms with van der Waals surface area (Å²) < 4.78 is 0. The van der Waals surface area contributed by atoms with Crippen molar-refractivity contribution < 1.29 is 9.59 Å². The van der Waals surface area contributed by atoms with Crippen LogP contribution in [0.2, 0.25) is 0 Å². The average Bonchev–Trinajstić information content (AvgIpc) is 2.38. The maximum absolute atomic E-state index is 12.0. The van der Waals surface area contributed by atoms with Crippen LogP contribution in [0.4, 0.5) is 0 Å². The summed E-state index contributed by atoms with van der Waals surface area (Å²) in [5, 5.41) is 11.9. The molecule has 0 aromatic carbocycles. The lowest BCUT2D eigenvalue weighted by molar-refractivity contribution is -0.149. The molecule has 1 aliphatic heterocycles. The molecule has 5 nitrogen and oxygen atoms in total. The molecule has 0 spiro atoms. The zero-order valence-corrected chi connectivity index (χ0v) is 12.0. The van der Waals surface area contributed by atoms with Gasteiger partial charge in [0.15, 0.2) is 0 Å². The Kier molecular flexibility index (Phi) is 5.49. The largest absolute Gasteiger partial charge is 0.297 e. The van der Waals surface area contributed by atoms with Crippen LogP contribution in [0.25, 0.3) is 0 Å². The van der Waals surface area contributed by atoms with Crippen molar-refractivity contribution in [2.75, 3.05) is 13.1 Å². The van der Waals surface area contributed by atoms with Gasteiger partial charge in [-0.2, -0.15) is 5.26 Å². The molecule has 0 saturated carbocycles. The van der Waals surface area contributed by atoms with Crippen molar-refractivity contribution in [3.8, 4) is 6.07 Å². The summed E-state index contributed by atoms with van der Waals surface area (Å²) in [5.74, 6) is -0.257. The molecular formula is C14H23N3O2. The minimum atomic E-state index is -0.330. The first-order chi connectivity index (χ1) is 8.91. The second-order valence-electron chi connectivity index (χ2n) is 5.68. The monoisotopic (exact) mass is 265 g/mol. The highest BCUT2D eigenvalue weighted by molar-refractivity contribution is 6.01. The van der Waals surface area contributed by atoms with E-state index >= 15 is 0 Å². The summed E-state index contributed by atoms with van der Waals surface area (Å²) in [5.41, 5.74) is -0.330. The number of nitrogens with one attached hydrogen (secondary N) is 1. The number of rotatable bonds is 6. The van der Waals surface area contributed by atoms with Crippen LogP contribution in [0.15, 0.2) is 0 Å². The van der Waals surface area contributed by atoms with Crippen LogP contribution in [0.1, 0.15) is 46.5 Å². The number of hydrogen-bond donors (Lipinski definition) is 1. The van der Waals surface area contributed by atoms with Gasteiger partial charge in [0.05, 0.1) is 24.1 Å². The number of carbonyl (C=O) groups excluding carboxylic acids is 2. The van der Waals surface area contributed by atoms with Crippen molar-refractivity contribution in [2.45, 2.75) is 52.5 Å². The Morgan fingerprint density at radius 1 is 1.42 bits per heavy atom. The topological polar surface area (TPSA) is 73.2 Å². The first-order valence-electron chi connectivity index (χ1n) is 6.90. The fraction of sp³-hybridized carbons (Fsp3) is 0.786. The molecule has 0 aliphatic carbocycles. The molecule has 0 aromatic heterocycles. The van der Waals surface area contributed by atoms with Gasteiger partial charge >= 0.3 is 0 Å². The Hall–Kier alpha value is -1.41. The van der Waals surface area contributed by atoms with Crippen LogP contribution in [0, 0.1) is 16.7 Å². The third-order valence-corrected chi connectivity index (χ3v) is 3.51. The Morgan fingerprint density at radius 2 is 2.11 bits per heavy atom. The van der Waals surface area contributed by atoms with Gasteiger partial charge in [-0.1, -0.05) is 13.3 Å². The number of unbranched alkanes of at least 4 members (excludes halogenated alkanes) is 1. The van der Waals surface area contributed by atoms with E-state index in [0.717, 1.165) is 19.3 Å². The number of nitrogens with zero attached hydrogens (tertiary/aromatic N) is 2. The van der Waals surface area contributed by atoms with Crippen molar-refractivity contribution in [1.29, 1.82) is 5.26 Å². The third-order valence-electron chi connectivity index (χ3n) is 3.51. The second kappa shape index (κ2) is 6.67. The maximum Gasteiger partial charge on any atom is 0.246 e. The summed E-state index contributed by atoms with van der Waals surface area (Å²) in [6.45, 7) is 6.45. The lowest BCUT2D eigenvalue weighted by atomic mass is 9.89. The molecule has 1 aliphatic rings. The molecule has 1 atom stereocenters. The number of carbonyl (C=O) groups is 2. The number of hydrogen-bond acceptors (Lipinski definition) is 4. The van der Waals surface area contributed by atoms with Crippen molar-refractivity contribution >= 4 is 11.8 Å². The van der Waals surface area contributed by atoms with Gasteiger partial charge in [0.1, 0.15) is 0 Å². The van der Waals surface area contributed by atoms with Gasteiger partial charge < -0.3 is 0 Å². The SMILES string of the molecule is CCC1NCC(=O)N(CCCCC(C)(C)C#N)C1=O. The first kappa shape index (κ1) is 15.6. The van der Waals surface area contributed by atoms with E-state index in [1.54, 1.807) is 0 Å². The van der Waals surface area contributed by atoms with Gasteiger partial charge in [-0.05, 0) is 33.1 Å². The zero-order valence-electron chi connectivity index (χ0n) is 12.0. The Morgan fingerprint density at radius 3 is 2.68 bits per heavy atom. The fourth-order valence-electron chi connectivity index (χ4n) is 2.15. The summed E-state index contributed by atoms with van der Waals surface area (Å²) in [4.78, 5) is 25.1. The number of imide groups is 1. The Labute approximate surface area is 115 Å². The summed E-state index contributed by atoms with van der Waals surface area (Å²) in [6.07, 6.45) is 3.10. The highest BCUT2D eigenvalue weighted by atomic mass is 16.2. The van der Waals surface area contributed by atoms with Crippen molar-refractivity contribution in [3.63, 3.8) is 0 Å². The second-order valence-corrected chi connectivity index (χ2v) is 5.68. The molecule has 1 heterocycles. The van der Waals surface area contributed by atoms with E-state index in [0.29, 0.717) is 13.0 Å². The molecule has 106 valence electrons. The molecule has 1 unspecified atom stereocenters. The molecule has 1 N–H and O–H groups in total. The minimum Gasteiger partial charge on any atom is -0.297 e. The number of nitriles is 1.